The van der Waals surface area contributed by atoms with E-state index in [0.29, 0.717) is 17.0 Å². The molecule has 0 radical (unpaired) electrons. The summed E-state index contributed by atoms with van der Waals surface area (Å²) >= 11 is 0. The fourth-order valence-corrected chi connectivity index (χ4v) is 3.41. The van der Waals surface area contributed by atoms with Crippen molar-refractivity contribution in [3.8, 4) is 5.69 Å². The first-order valence-electron chi connectivity index (χ1n) is 8.31. The highest BCUT2D eigenvalue weighted by molar-refractivity contribution is 7.59. The van der Waals surface area contributed by atoms with Gasteiger partial charge in [0.15, 0.2) is 0 Å². The summed E-state index contributed by atoms with van der Waals surface area (Å²) in [5.74, 6) is 0.136. The lowest BCUT2D eigenvalue weighted by Crippen LogP contribution is -2.28. The number of rotatable bonds is 3. The number of hydrogen-bond donors (Lipinski definition) is 2. The fourth-order valence-electron chi connectivity index (χ4n) is 3.41. The molecule has 130 valence electrons. The number of piperidine rings is 1. The monoisotopic (exact) mass is 354 g/mol. The summed E-state index contributed by atoms with van der Waals surface area (Å²) in [6.07, 6.45) is 4.39. The van der Waals surface area contributed by atoms with E-state index < -0.39 is 5.91 Å². The Balaban J connectivity index is 0.00000182. The molecular weight excluding hydrogens is 332 g/mol. The Morgan fingerprint density at radius 2 is 2.00 bits per heavy atom. The number of nitrogens with one attached hydrogen (secondary N) is 1. The molecule has 0 saturated carbocycles. The van der Waals surface area contributed by atoms with Crippen LogP contribution in [0, 0.1) is 0 Å². The fraction of sp³-hybridized carbons (Fsp3) is 0.263. The highest BCUT2D eigenvalue weighted by Gasteiger charge is 2.15. The van der Waals surface area contributed by atoms with E-state index in [1.807, 2.05) is 18.3 Å². The minimum absolute atomic E-state index is 0. The maximum atomic E-state index is 11.5. The molecular formula is C19H22N4OS. The molecule has 3 N–H and O–H groups in total. The van der Waals surface area contributed by atoms with Crippen molar-refractivity contribution < 1.29 is 4.79 Å². The summed E-state index contributed by atoms with van der Waals surface area (Å²) in [6.45, 7) is 2.17. The molecule has 1 aliphatic rings. The van der Waals surface area contributed by atoms with Crippen molar-refractivity contribution in [2.75, 3.05) is 13.1 Å². The summed E-state index contributed by atoms with van der Waals surface area (Å²) in [5, 5.41) is 8.91. The summed E-state index contributed by atoms with van der Waals surface area (Å²) < 4.78 is 1.81. The lowest BCUT2D eigenvalue weighted by atomic mass is 9.92. The highest BCUT2D eigenvalue weighted by atomic mass is 32.1. The topological polar surface area (TPSA) is 72.9 Å². The molecule has 6 heteroatoms. The van der Waals surface area contributed by atoms with E-state index in [9.17, 15) is 4.79 Å². The number of carbonyl (C=O) groups is 1. The molecule has 4 rings (SSSR count). The second-order valence-electron chi connectivity index (χ2n) is 6.32. The SMILES string of the molecule is NC(=O)c1cccc2cn(-c3ccc([C@@H]4CCCNC4)cc3)nc12.S. The van der Waals surface area contributed by atoms with Crippen LogP contribution in [0.3, 0.4) is 0 Å². The average molecular weight is 354 g/mol. The molecule has 1 amide bonds. The van der Waals surface area contributed by atoms with Crippen LogP contribution >= 0.6 is 13.5 Å². The van der Waals surface area contributed by atoms with E-state index in [4.69, 9.17) is 5.73 Å². The number of nitrogens with two attached hydrogens (primary N) is 1. The minimum Gasteiger partial charge on any atom is -0.366 e. The summed E-state index contributed by atoms with van der Waals surface area (Å²) in [5.41, 5.74) is 8.88. The van der Waals surface area contributed by atoms with Gasteiger partial charge in [-0.3, -0.25) is 4.79 Å². The van der Waals surface area contributed by atoms with E-state index in [1.54, 1.807) is 10.7 Å². The number of fused-ring (bicyclic) bond motifs is 1. The zero-order chi connectivity index (χ0) is 16.5. The predicted octanol–water partition coefficient (Wildman–Crippen LogP) is 2.70. The van der Waals surface area contributed by atoms with Crippen molar-refractivity contribution in [2.45, 2.75) is 18.8 Å². The van der Waals surface area contributed by atoms with Crippen LogP contribution in [0.15, 0.2) is 48.7 Å². The Bertz CT molecular complexity index is 882. The lowest BCUT2D eigenvalue weighted by Gasteiger charge is -2.23. The highest BCUT2D eigenvalue weighted by Crippen LogP contribution is 2.25. The van der Waals surface area contributed by atoms with Gasteiger partial charge in [0.25, 0.3) is 5.91 Å². The zero-order valence-corrected chi connectivity index (χ0v) is 14.9. The summed E-state index contributed by atoms with van der Waals surface area (Å²) in [6, 6.07) is 14.0. The van der Waals surface area contributed by atoms with E-state index in [1.165, 1.54) is 18.4 Å². The molecule has 1 aliphatic heterocycles. The molecule has 3 aromatic rings. The average Bonchev–Trinajstić information content (AvgIpc) is 3.06. The van der Waals surface area contributed by atoms with Crippen molar-refractivity contribution in [1.29, 1.82) is 0 Å². The zero-order valence-electron chi connectivity index (χ0n) is 13.9. The number of amides is 1. The van der Waals surface area contributed by atoms with E-state index in [0.717, 1.165) is 24.2 Å². The van der Waals surface area contributed by atoms with Crippen molar-refractivity contribution in [2.24, 2.45) is 5.73 Å². The number of carbonyl (C=O) groups excluding carboxylic acids is 1. The predicted molar refractivity (Wildman–Crippen MR) is 105 cm³/mol. The Labute approximate surface area is 153 Å². The minimum atomic E-state index is -0.453. The van der Waals surface area contributed by atoms with Gasteiger partial charge in [-0.05, 0) is 49.1 Å². The van der Waals surface area contributed by atoms with Crippen LogP contribution in [0.4, 0.5) is 0 Å². The Morgan fingerprint density at radius 1 is 1.20 bits per heavy atom. The van der Waals surface area contributed by atoms with Crippen molar-refractivity contribution in [3.63, 3.8) is 0 Å². The molecule has 5 nitrogen and oxygen atoms in total. The number of benzene rings is 2. The van der Waals surface area contributed by atoms with E-state index in [2.05, 4.69) is 34.7 Å². The molecule has 0 aliphatic carbocycles. The second-order valence-corrected chi connectivity index (χ2v) is 6.32. The third kappa shape index (κ3) is 3.41. The van der Waals surface area contributed by atoms with Crippen molar-refractivity contribution in [1.82, 2.24) is 15.1 Å². The molecule has 2 heterocycles. The van der Waals surface area contributed by atoms with Crippen LogP contribution in [-0.2, 0) is 0 Å². The second kappa shape index (κ2) is 7.29. The molecule has 1 fully saturated rings. The van der Waals surface area contributed by atoms with Crippen LogP contribution in [0.25, 0.3) is 16.6 Å². The van der Waals surface area contributed by atoms with Crippen LogP contribution in [-0.4, -0.2) is 28.8 Å². The molecule has 0 bridgehead atoms. The van der Waals surface area contributed by atoms with Gasteiger partial charge in [0.1, 0.15) is 5.52 Å². The van der Waals surface area contributed by atoms with Gasteiger partial charge >= 0.3 is 0 Å². The van der Waals surface area contributed by atoms with Gasteiger partial charge in [0, 0.05) is 18.1 Å². The van der Waals surface area contributed by atoms with Crippen LogP contribution in [0.1, 0.15) is 34.7 Å². The van der Waals surface area contributed by atoms with Gasteiger partial charge in [-0.2, -0.15) is 18.6 Å². The quantitative estimate of drug-likeness (QED) is 0.759. The van der Waals surface area contributed by atoms with Gasteiger partial charge < -0.3 is 11.1 Å². The lowest BCUT2D eigenvalue weighted by molar-refractivity contribution is 0.100. The van der Waals surface area contributed by atoms with Crippen molar-refractivity contribution in [3.05, 3.63) is 59.8 Å². The van der Waals surface area contributed by atoms with Crippen molar-refractivity contribution >= 4 is 30.3 Å². The molecule has 2 aromatic carbocycles. The van der Waals surface area contributed by atoms with Gasteiger partial charge in [-0.15, -0.1) is 0 Å². The van der Waals surface area contributed by atoms with E-state index >= 15 is 0 Å². The number of aromatic nitrogens is 2. The van der Waals surface area contributed by atoms with Crippen LogP contribution < -0.4 is 11.1 Å². The molecule has 25 heavy (non-hydrogen) atoms. The largest absolute Gasteiger partial charge is 0.366 e. The first-order valence-corrected chi connectivity index (χ1v) is 8.31. The number of nitrogens with zero attached hydrogens (tertiary/aromatic N) is 2. The smallest absolute Gasteiger partial charge is 0.250 e. The van der Waals surface area contributed by atoms with Gasteiger partial charge in [-0.25, -0.2) is 4.68 Å². The molecule has 0 spiro atoms. The van der Waals surface area contributed by atoms with Gasteiger partial charge in [0.05, 0.1) is 11.3 Å². The van der Waals surface area contributed by atoms with E-state index in [-0.39, 0.29) is 13.5 Å². The molecule has 0 unspecified atom stereocenters. The maximum Gasteiger partial charge on any atom is 0.250 e. The Hall–Kier alpha value is -2.31. The third-order valence-corrected chi connectivity index (χ3v) is 4.73. The molecule has 1 atom stereocenters. The summed E-state index contributed by atoms with van der Waals surface area (Å²) in [4.78, 5) is 11.5. The van der Waals surface area contributed by atoms with Crippen LogP contribution in [0.2, 0.25) is 0 Å². The molecule has 1 saturated heterocycles. The molecule has 1 aromatic heterocycles. The van der Waals surface area contributed by atoms with Crippen LogP contribution in [0.5, 0.6) is 0 Å². The number of hydrogen-bond acceptors (Lipinski definition) is 3. The summed E-state index contributed by atoms with van der Waals surface area (Å²) in [7, 11) is 0. The van der Waals surface area contributed by atoms with Gasteiger partial charge in [0.2, 0.25) is 0 Å². The first-order chi connectivity index (χ1) is 11.7. The van der Waals surface area contributed by atoms with Gasteiger partial charge in [-0.1, -0.05) is 24.3 Å². The Morgan fingerprint density at radius 3 is 2.68 bits per heavy atom. The Kier molecular flexibility index (Phi) is 5.11. The maximum absolute atomic E-state index is 11.5. The third-order valence-electron chi connectivity index (χ3n) is 4.73. The standard InChI is InChI=1S/C19H20N4O.H2S/c20-19(24)17-5-1-3-15-12-23(22-18(15)17)16-8-6-13(7-9-16)14-4-2-10-21-11-14;/h1,3,5-9,12,14,21H,2,4,10-11H2,(H2,20,24);1H2/t14-;/m1./s1. The normalized spacial score (nSPS) is 17.2. The number of primary amides is 1. The first kappa shape index (κ1) is 17.5.